The molecule has 0 saturated heterocycles. The third-order valence-corrected chi connectivity index (χ3v) is 2.91. The second kappa shape index (κ2) is 6.62. The van der Waals surface area contributed by atoms with Crippen molar-refractivity contribution in [1.82, 2.24) is 5.32 Å². The highest BCUT2D eigenvalue weighted by Gasteiger charge is 2.18. The van der Waals surface area contributed by atoms with Crippen LogP contribution in [0.3, 0.4) is 0 Å². The average molecular weight is 296 g/mol. The molecule has 1 N–H and O–H groups in total. The molecule has 0 saturated carbocycles. The highest BCUT2D eigenvalue weighted by atomic mass is 35.5. The smallest absolute Gasteiger partial charge is 0.340 e. The molecule has 0 heterocycles. The Morgan fingerprint density at radius 3 is 2.55 bits per heavy atom. The zero-order chi connectivity index (χ0) is 15.3. The van der Waals surface area contributed by atoms with Crippen LogP contribution in [0.25, 0.3) is 0 Å². The van der Waals surface area contributed by atoms with Crippen LogP contribution in [0.15, 0.2) is 33.8 Å². The number of allylic oxidation sites excluding steroid dienone is 1. The van der Waals surface area contributed by atoms with E-state index in [9.17, 15) is 9.59 Å². The maximum atomic E-state index is 11.8. The number of methoxy groups -OCH3 is 1. The fourth-order valence-electron chi connectivity index (χ4n) is 1.46. The van der Waals surface area contributed by atoms with Gasteiger partial charge in [-0.1, -0.05) is 32.4 Å². The Bertz CT molecular complexity index is 554. The minimum atomic E-state index is -0.578. The molecule has 20 heavy (non-hydrogen) atoms. The van der Waals surface area contributed by atoms with Crippen LogP contribution in [0.2, 0.25) is 0 Å². The molecule has 0 atom stereocenters. The van der Waals surface area contributed by atoms with E-state index < -0.39 is 5.97 Å². The molecule has 1 rings (SSSR count). The Kier molecular flexibility index (Phi) is 5.41. The number of amides is 1. The van der Waals surface area contributed by atoms with E-state index in [-0.39, 0.29) is 21.9 Å². The van der Waals surface area contributed by atoms with E-state index in [2.05, 4.69) is 42.3 Å². The van der Waals surface area contributed by atoms with E-state index in [1.165, 1.54) is 13.2 Å². The van der Waals surface area contributed by atoms with Gasteiger partial charge in [-0.15, -0.1) is 0 Å². The molecular formula is C15H18ClNO3. The normalized spacial score (nSPS) is 14.2. The third-order valence-electron chi connectivity index (χ3n) is 2.61. The van der Waals surface area contributed by atoms with E-state index in [1.54, 1.807) is 0 Å². The molecular weight excluding hydrogens is 278 g/mol. The van der Waals surface area contributed by atoms with Gasteiger partial charge in [-0.2, -0.15) is 0 Å². The number of hydrogen-bond acceptors (Lipinski definition) is 3. The second-order valence-electron chi connectivity index (χ2n) is 5.64. The predicted octanol–water partition coefficient (Wildman–Crippen LogP) is 2.80. The van der Waals surface area contributed by atoms with E-state index in [1.807, 2.05) is 0 Å². The summed E-state index contributed by atoms with van der Waals surface area (Å²) in [6.07, 6.45) is 2.59. The van der Waals surface area contributed by atoms with Gasteiger partial charge in [-0.05, 0) is 29.4 Å². The van der Waals surface area contributed by atoms with E-state index in [0.717, 1.165) is 6.42 Å². The van der Waals surface area contributed by atoms with Gasteiger partial charge < -0.3 is 10.1 Å². The summed E-state index contributed by atoms with van der Waals surface area (Å²) in [5.74, 6) is -0.715. The Balaban J connectivity index is 2.74. The predicted molar refractivity (Wildman–Crippen MR) is 76.8 cm³/mol. The lowest BCUT2D eigenvalue weighted by Gasteiger charge is -2.17. The number of rotatable bonds is 4. The number of halogens is 1. The van der Waals surface area contributed by atoms with Gasteiger partial charge in [0, 0.05) is 6.42 Å². The van der Waals surface area contributed by atoms with Crippen molar-refractivity contribution in [3.05, 3.63) is 33.8 Å². The number of carbonyl (C=O) groups excluding carboxylic acids is 2. The van der Waals surface area contributed by atoms with Gasteiger partial charge in [-0.25, -0.2) is 4.79 Å². The first-order chi connectivity index (χ1) is 9.23. The minimum absolute atomic E-state index is 0.0877. The van der Waals surface area contributed by atoms with E-state index in [0.29, 0.717) is 12.1 Å². The molecule has 1 aliphatic carbocycles. The van der Waals surface area contributed by atoms with E-state index in [4.69, 9.17) is 11.6 Å². The Morgan fingerprint density at radius 2 is 2.00 bits per heavy atom. The lowest BCUT2D eigenvalue weighted by molar-refractivity contribution is -0.135. The summed E-state index contributed by atoms with van der Waals surface area (Å²) in [7, 11) is 1.26. The lowest BCUT2D eigenvalue weighted by Crippen LogP contribution is -2.24. The number of carbonyl (C=O) groups is 2. The zero-order valence-corrected chi connectivity index (χ0v) is 12.9. The summed E-state index contributed by atoms with van der Waals surface area (Å²) in [6, 6.07) is 0. The molecule has 0 spiro atoms. The molecule has 108 valence electrons. The number of hydrogen-bond donors (Lipinski definition) is 1. The highest BCUT2D eigenvalue weighted by Crippen LogP contribution is 2.21. The zero-order valence-electron chi connectivity index (χ0n) is 12.1. The van der Waals surface area contributed by atoms with Crippen molar-refractivity contribution in [2.45, 2.75) is 33.6 Å². The van der Waals surface area contributed by atoms with Gasteiger partial charge in [0.25, 0.3) is 0 Å². The van der Waals surface area contributed by atoms with Gasteiger partial charge in [-0.3, -0.25) is 4.79 Å². The first-order valence-corrected chi connectivity index (χ1v) is 6.62. The summed E-state index contributed by atoms with van der Waals surface area (Å²) >= 11 is 5.83. The van der Waals surface area contributed by atoms with Crippen molar-refractivity contribution >= 4 is 23.5 Å². The molecule has 0 aliphatic heterocycles. The van der Waals surface area contributed by atoms with Crippen LogP contribution < -0.4 is 5.32 Å². The topological polar surface area (TPSA) is 55.4 Å². The number of esters is 1. The maximum Gasteiger partial charge on any atom is 0.340 e. The monoisotopic (exact) mass is 295 g/mol. The molecule has 0 aromatic heterocycles. The fraction of sp³-hybridized carbons (Fsp3) is 0.467. The summed E-state index contributed by atoms with van der Waals surface area (Å²) in [5, 5.41) is 2.78. The molecule has 0 aromatic rings. The molecule has 1 amide bonds. The van der Waals surface area contributed by atoms with Gasteiger partial charge in [0.2, 0.25) is 5.91 Å². The van der Waals surface area contributed by atoms with Crippen LogP contribution in [-0.2, 0) is 14.3 Å². The molecule has 1 aliphatic rings. The first kappa shape index (κ1) is 16.3. The van der Waals surface area contributed by atoms with Gasteiger partial charge in [0.05, 0.1) is 18.4 Å². The maximum absolute atomic E-state index is 11.8. The van der Waals surface area contributed by atoms with Gasteiger partial charge in [0.1, 0.15) is 5.03 Å². The van der Waals surface area contributed by atoms with Crippen LogP contribution in [0.4, 0.5) is 0 Å². The highest BCUT2D eigenvalue weighted by molar-refractivity contribution is 6.35. The summed E-state index contributed by atoms with van der Waals surface area (Å²) < 4.78 is 4.60. The lowest BCUT2D eigenvalue weighted by atomic mass is 9.90. The van der Waals surface area contributed by atoms with Gasteiger partial charge >= 0.3 is 5.97 Å². The van der Waals surface area contributed by atoms with Crippen molar-refractivity contribution in [3.63, 3.8) is 0 Å². The average Bonchev–Trinajstić information content (AvgIpc) is 2.37. The van der Waals surface area contributed by atoms with Crippen molar-refractivity contribution in [1.29, 1.82) is 0 Å². The van der Waals surface area contributed by atoms with E-state index >= 15 is 0 Å². The Labute approximate surface area is 123 Å². The van der Waals surface area contributed by atoms with Crippen LogP contribution in [-0.4, -0.2) is 19.0 Å². The molecule has 4 nitrogen and oxygen atoms in total. The number of nitrogens with one attached hydrogen (secondary N) is 1. The van der Waals surface area contributed by atoms with Gasteiger partial charge in [0.15, 0.2) is 0 Å². The summed E-state index contributed by atoms with van der Waals surface area (Å²) in [4.78, 5) is 23.3. The standard InChI is InChI=1S/C15H18ClNO3/c1-15(2,3)8-7-13(18)17-10-5-6-12(16)11(9-10)14(19)20-4/h9H,7-8H2,1-4H3,(H,17,18). The van der Waals surface area contributed by atoms with Crippen LogP contribution in [0.5, 0.6) is 0 Å². The van der Waals surface area contributed by atoms with Crippen LogP contribution >= 0.6 is 11.6 Å². The fourth-order valence-corrected chi connectivity index (χ4v) is 1.64. The van der Waals surface area contributed by atoms with Crippen LogP contribution in [0, 0.1) is 5.41 Å². The number of ether oxygens (including phenoxy) is 1. The Hall–Kier alpha value is -1.73. The molecule has 0 radical (unpaired) electrons. The SMILES string of the molecule is COC(=O)C1=CC(NC(=O)CCC(C)(C)C)=C=C=C1Cl. The molecule has 0 aromatic carbocycles. The van der Waals surface area contributed by atoms with Crippen molar-refractivity contribution < 1.29 is 14.3 Å². The van der Waals surface area contributed by atoms with Crippen molar-refractivity contribution in [2.75, 3.05) is 7.11 Å². The second-order valence-corrected chi connectivity index (χ2v) is 6.01. The molecule has 0 bridgehead atoms. The summed E-state index contributed by atoms with van der Waals surface area (Å²) in [6.45, 7) is 6.20. The molecule has 5 heteroatoms. The first-order valence-electron chi connectivity index (χ1n) is 6.24. The quantitative estimate of drug-likeness (QED) is 0.641. The molecule has 0 fully saturated rings. The van der Waals surface area contributed by atoms with Crippen LogP contribution in [0.1, 0.15) is 33.6 Å². The Morgan fingerprint density at radius 1 is 1.35 bits per heavy atom. The summed E-state index contributed by atoms with van der Waals surface area (Å²) in [5.41, 5.74) is 5.87. The van der Waals surface area contributed by atoms with Crippen molar-refractivity contribution in [3.8, 4) is 0 Å². The largest absolute Gasteiger partial charge is 0.465 e. The molecule has 0 unspecified atom stereocenters. The van der Waals surface area contributed by atoms with Crippen molar-refractivity contribution in [2.24, 2.45) is 5.41 Å². The third kappa shape index (κ3) is 5.10. The minimum Gasteiger partial charge on any atom is -0.465 e.